The minimum Gasteiger partial charge on any atom is -0.496 e. The molecule has 0 radical (unpaired) electrons. The third-order valence-electron chi connectivity index (χ3n) is 5.98. The number of nitrogens with one attached hydrogen (secondary N) is 2. The number of benzene rings is 2. The van der Waals surface area contributed by atoms with Gasteiger partial charge in [0.05, 0.1) is 36.8 Å². The third kappa shape index (κ3) is 5.50. The summed E-state index contributed by atoms with van der Waals surface area (Å²) in [6.07, 6.45) is -1.89. The second kappa shape index (κ2) is 9.72. The molecule has 2 aromatic carbocycles. The van der Waals surface area contributed by atoms with E-state index in [-0.39, 0.29) is 18.5 Å². The number of ether oxygens (including phenoxy) is 1. The maximum absolute atomic E-state index is 13.5. The minimum absolute atomic E-state index is 0.196. The molecule has 5 rings (SSSR count). The first kappa shape index (κ1) is 24.5. The van der Waals surface area contributed by atoms with Crippen molar-refractivity contribution in [3.63, 3.8) is 0 Å². The Morgan fingerprint density at radius 1 is 1.14 bits per heavy atom. The quantitative estimate of drug-likeness (QED) is 0.306. The van der Waals surface area contributed by atoms with Crippen LogP contribution in [0.25, 0.3) is 28.2 Å². The molecule has 2 N–H and O–H groups in total. The van der Waals surface area contributed by atoms with Gasteiger partial charge in [-0.05, 0) is 61.4 Å². The normalized spacial score (nSPS) is 13.5. The number of rotatable bonds is 8. The molecule has 1 aliphatic rings. The van der Waals surface area contributed by atoms with Gasteiger partial charge < -0.3 is 15.4 Å². The Morgan fingerprint density at radius 2 is 1.89 bits per heavy atom. The van der Waals surface area contributed by atoms with Crippen molar-refractivity contribution in [2.24, 2.45) is 0 Å². The zero-order valence-corrected chi connectivity index (χ0v) is 19.8. The molecule has 192 valence electrons. The molecule has 0 saturated heterocycles. The monoisotopic (exact) mass is 513 g/mol. The molecule has 7 nitrogen and oxygen atoms in total. The van der Waals surface area contributed by atoms with E-state index in [1.807, 2.05) is 0 Å². The second-order valence-corrected chi connectivity index (χ2v) is 8.78. The number of methoxy groups -OCH3 is 1. The van der Waals surface area contributed by atoms with Crippen molar-refractivity contribution in [2.75, 3.05) is 19.0 Å². The molecule has 0 bridgehead atoms. The fourth-order valence-electron chi connectivity index (χ4n) is 3.92. The van der Waals surface area contributed by atoms with Crippen molar-refractivity contribution < 1.29 is 27.1 Å². The van der Waals surface area contributed by atoms with Crippen LogP contribution in [0.2, 0.25) is 0 Å². The van der Waals surface area contributed by atoms with Crippen LogP contribution in [0.3, 0.4) is 0 Å². The maximum atomic E-state index is 13.5. The Morgan fingerprint density at radius 3 is 2.57 bits per heavy atom. The predicted octanol–water partition coefficient (Wildman–Crippen LogP) is 5.47. The van der Waals surface area contributed by atoms with Crippen LogP contribution in [0.1, 0.15) is 29.6 Å². The highest BCUT2D eigenvalue weighted by molar-refractivity contribution is 5.96. The molecule has 2 aromatic heterocycles. The summed E-state index contributed by atoms with van der Waals surface area (Å²) in [7, 11) is 1.48. The Hall–Kier alpha value is -4.15. The van der Waals surface area contributed by atoms with Crippen LogP contribution < -0.4 is 15.4 Å². The number of nitrogens with zero attached hydrogens (tertiary/aromatic N) is 3. The van der Waals surface area contributed by atoms with Gasteiger partial charge in [0, 0.05) is 29.3 Å². The molecular weight excluding hydrogens is 490 g/mol. The zero-order valence-electron chi connectivity index (χ0n) is 19.8. The number of anilines is 1. The molecule has 0 atom stereocenters. The second-order valence-electron chi connectivity index (χ2n) is 8.78. The summed E-state index contributed by atoms with van der Waals surface area (Å²) < 4.78 is 58.9. The number of halogens is 4. The van der Waals surface area contributed by atoms with Gasteiger partial charge in [0.25, 0.3) is 5.91 Å². The molecule has 0 spiro atoms. The fraction of sp³-hybridized carbons (Fsp3) is 0.269. The lowest BCUT2D eigenvalue weighted by Crippen LogP contribution is -2.25. The molecular formula is C26H23F4N5O2. The van der Waals surface area contributed by atoms with Gasteiger partial charge in [0.1, 0.15) is 11.6 Å². The van der Waals surface area contributed by atoms with Gasteiger partial charge in [0.15, 0.2) is 5.65 Å². The van der Waals surface area contributed by atoms with Gasteiger partial charge in [-0.1, -0.05) is 0 Å². The van der Waals surface area contributed by atoms with Crippen LogP contribution in [0.15, 0.2) is 54.7 Å². The molecule has 1 fully saturated rings. The van der Waals surface area contributed by atoms with E-state index in [0.29, 0.717) is 45.2 Å². The van der Waals surface area contributed by atoms with Crippen molar-refractivity contribution in [2.45, 2.75) is 31.5 Å². The number of aromatic nitrogens is 3. The molecule has 4 aromatic rings. The predicted molar refractivity (Wildman–Crippen MR) is 130 cm³/mol. The van der Waals surface area contributed by atoms with E-state index in [1.54, 1.807) is 24.3 Å². The fourth-order valence-corrected chi connectivity index (χ4v) is 3.92. The molecule has 11 heteroatoms. The molecule has 1 saturated carbocycles. The summed E-state index contributed by atoms with van der Waals surface area (Å²) in [5.41, 5.74) is 3.15. The number of amides is 1. The zero-order chi connectivity index (χ0) is 26.2. The van der Waals surface area contributed by atoms with Gasteiger partial charge >= 0.3 is 6.18 Å². The van der Waals surface area contributed by atoms with Crippen LogP contribution >= 0.6 is 0 Å². The smallest absolute Gasteiger partial charge is 0.390 e. The Bertz CT molecular complexity index is 1450. The van der Waals surface area contributed by atoms with Crippen LogP contribution in [-0.4, -0.2) is 46.4 Å². The van der Waals surface area contributed by atoms with Gasteiger partial charge in [-0.25, -0.2) is 13.9 Å². The van der Waals surface area contributed by atoms with E-state index in [1.165, 1.54) is 42.1 Å². The number of carbonyl (C=O) groups excluding carboxylic acids is 1. The Labute approximate surface area is 209 Å². The van der Waals surface area contributed by atoms with E-state index < -0.39 is 18.4 Å². The average molecular weight is 513 g/mol. The SMILES string of the molecule is COc1cc(C(=O)NC2CC2)ccc1-c1cnc2c(NCCC(F)(F)F)cc(-c3ccc(F)cc3)nn12. The van der Waals surface area contributed by atoms with Crippen LogP contribution in [0.5, 0.6) is 5.75 Å². The number of imidazole rings is 1. The first-order valence-corrected chi connectivity index (χ1v) is 11.7. The van der Waals surface area contributed by atoms with Crippen molar-refractivity contribution in [3.05, 3.63) is 66.1 Å². The van der Waals surface area contributed by atoms with Gasteiger partial charge in [-0.15, -0.1) is 0 Å². The molecule has 37 heavy (non-hydrogen) atoms. The number of alkyl halides is 3. The number of hydrogen-bond acceptors (Lipinski definition) is 5. The van der Waals surface area contributed by atoms with Crippen LogP contribution in [0.4, 0.5) is 23.2 Å². The van der Waals surface area contributed by atoms with Gasteiger partial charge in [-0.3, -0.25) is 4.79 Å². The lowest BCUT2D eigenvalue weighted by molar-refractivity contribution is -0.131. The topological polar surface area (TPSA) is 80.5 Å². The van der Waals surface area contributed by atoms with E-state index >= 15 is 0 Å². The van der Waals surface area contributed by atoms with Crippen molar-refractivity contribution in [1.82, 2.24) is 19.9 Å². The Balaban J connectivity index is 1.58. The first-order chi connectivity index (χ1) is 17.7. The largest absolute Gasteiger partial charge is 0.496 e. The highest BCUT2D eigenvalue weighted by Gasteiger charge is 2.27. The number of fused-ring (bicyclic) bond motifs is 1. The average Bonchev–Trinajstić information content (AvgIpc) is 3.58. The number of hydrogen-bond donors (Lipinski definition) is 2. The molecule has 2 heterocycles. The summed E-state index contributed by atoms with van der Waals surface area (Å²) in [6.45, 7) is -0.359. The Kier molecular flexibility index (Phi) is 6.45. The highest BCUT2D eigenvalue weighted by Crippen LogP contribution is 2.34. The van der Waals surface area contributed by atoms with Crippen molar-refractivity contribution >= 4 is 17.2 Å². The molecule has 1 aliphatic carbocycles. The highest BCUT2D eigenvalue weighted by atomic mass is 19.4. The van der Waals surface area contributed by atoms with Crippen molar-refractivity contribution in [1.29, 1.82) is 0 Å². The molecule has 1 amide bonds. The lowest BCUT2D eigenvalue weighted by Gasteiger charge is -2.14. The van der Waals surface area contributed by atoms with Gasteiger partial charge in [-0.2, -0.15) is 18.3 Å². The third-order valence-corrected chi connectivity index (χ3v) is 5.98. The minimum atomic E-state index is -4.32. The summed E-state index contributed by atoms with van der Waals surface area (Å²) in [6, 6.07) is 12.4. The van der Waals surface area contributed by atoms with E-state index in [4.69, 9.17) is 4.74 Å². The van der Waals surface area contributed by atoms with E-state index in [9.17, 15) is 22.4 Å². The van der Waals surface area contributed by atoms with E-state index in [2.05, 4.69) is 20.7 Å². The summed E-state index contributed by atoms with van der Waals surface area (Å²) in [4.78, 5) is 16.9. The lowest BCUT2D eigenvalue weighted by atomic mass is 10.1. The summed E-state index contributed by atoms with van der Waals surface area (Å²) in [5.74, 6) is -0.212. The first-order valence-electron chi connectivity index (χ1n) is 11.7. The van der Waals surface area contributed by atoms with Crippen LogP contribution in [0, 0.1) is 5.82 Å². The van der Waals surface area contributed by atoms with Gasteiger partial charge in [0.2, 0.25) is 0 Å². The number of carbonyl (C=O) groups is 1. The van der Waals surface area contributed by atoms with E-state index in [0.717, 1.165) is 12.8 Å². The summed E-state index contributed by atoms with van der Waals surface area (Å²) >= 11 is 0. The molecule has 0 aliphatic heterocycles. The standard InChI is InChI=1S/C26H23F4N5O2/c1-37-23-12-16(25(36)33-18-7-8-18)4-9-19(23)22-14-32-24-21(31-11-10-26(28,29)30)13-20(34-35(22)24)15-2-5-17(27)6-3-15/h2-6,9,12-14,18,31H,7-8,10-11H2,1H3,(H,33,36). The summed E-state index contributed by atoms with van der Waals surface area (Å²) in [5, 5.41) is 10.4. The molecule has 0 unspecified atom stereocenters. The maximum Gasteiger partial charge on any atom is 0.390 e. The van der Waals surface area contributed by atoms with Crippen LogP contribution in [-0.2, 0) is 0 Å². The van der Waals surface area contributed by atoms with Crippen molar-refractivity contribution in [3.8, 4) is 28.3 Å².